The van der Waals surface area contributed by atoms with E-state index in [1.807, 2.05) is 38.2 Å². The lowest BCUT2D eigenvalue weighted by molar-refractivity contribution is 0.407. The number of hydrogen-bond donors (Lipinski definition) is 1. The Morgan fingerprint density at radius 3 is 2.72 bits per heavy atom. The molecule has 0 aliphatic carbocycles. The molecule has 0 aromatic heterocycles. The molecular weight excluding hydrogens is 248 g/mol. The van der Waals surface area contributed by atoms with Crippen LogP contribution in [0.4, 0.5) is 0 Å². The summed E-state index contributed by atoms with van der Waals surface area (Å²) < 4.78 is 27.0. The molecule has 0 spiro atoms. The second-order valence-corrected chi connectivity index (χ2v) is 6.81. The normalized spacial score (nSPS) is 21.3. The van der Waals surface area contributed by atoms with E-state index in [4.69, 9.17) is 0 Å². The summed E-state index contributed by atoms with van der Waals surface area (Å²) in [7, 11) is -1.23. The number of hydrogen-bond acceptors (Lipinski definition) is 3. The van der Waals surface area contributed by atoms with Crippen molar-refractivity contribution in [1.29, 1.82) is 0 Å². The number of rotatable bonds is 4. The standard InChI is InChI=1S/C13H20N2O2S/c1-11-5-3-4-6-12(11)10-18(16,17)14-13-7-8-15(2)9-13/h3-6,13-14H,7-10H2,1-2H3. The highest BCUT2D eigenvalue weighted by atomic mass is 32.2. The van der Waals surface area contributed by atoms with E-state index in [0.29, 0.717) is 0 Å². The van der Waals surface area contributed by atoms with Crippen LogP contribution in [0.3, 0.4) is 0 Å². The average molecular weight is 268 g/mol. The molecule has 0 bridgehead atoms. The molecule has 1 fully saturated rings. The zero-order valence-electron chi connectivity index (χ0n) is 10.9. The molecule has 100 valence electrons. The minimum absolute atomic E-state index is 0.0593. The number of likely N-dealkylation sites (tertiary alicyclic amines) is 1. The van der Waals surface area contributed by atoms with Gasteiger partial charge in [-0.3, -0.25) is 0 Å². The van der Waals surface area contributed by atoms with Crippen molar-refractivity contribution >= 4 is 10.0 Å². The van der Waals surface area contributed by atoms with Gasteiger partial charge < -0.3 is 4.90 Å². The molecule has 0 amide bonds. The number of aryl methyl sites for hydroxylation is 1. The minimum Gasteiger partial charge on any atom is -0.305 e. The topological polar surface area (TPSA) is 49.4 Å². The Bertz CT molecular complexity index is 513. The lowest BCUT2D eigenvalue weighted by Gasteiger charge is -2.14. The molecule has 1 aromatic rings. The Morgan fingerprint density at radius 1 is 1.39 bits per heavy atom. The van der Waals surface area contributed by atoms with Gasteiger partial charge in [0.05, 0.1) is 5.75 Å². The molecule has 1 heterocycles. The zero-order chi connectivity index (χ0) is 13.2. The van der Waals surface area contributed by atoms with Crippen LogP contribution in [0.15, 0.2) is 24.3 Å². The van der Waals surface area contributed by atoms with Gasteiger partial charge in [0.15, 0.2) is 0 Å². The van der Waals surface area contributed by atoms with Crippen molar-refractivity contribution in [1.82, 2.24) is 9.62 Å². The lowest BCUT2D eigenvalue weighted by atomic mass is 10.1. The quantitative estimate of drug-likeness (QED) is 0.890. The number of likely N-dealkylation sites (N-methyl/N-ethyl adjacent to an activating group) is 1. The van der Waals surface area contributed by atoms with Crippen LogP contribution >= 0.6 is 0 Å². The highest BCUT2D eigenvalue weighted by Crippen LogP contribution is 2.13. The fourth-order valence-electron chi connectivity index (χ4n) is 2.30. The molecule has 4 nitrogen and oxygen atoms in total. The van der Waals surface area contributed by atoms with E-state index >= 15 is 0 Å². The van der Waals surface area contributed by atoms with E-state index in [-0.39, 0.29) is 11.8 Å². The van der Waals surface area contributed by atoms with E-state index < -0.39 is 10.0 Å². The van der Waals surface area contributed by atoms with Crippen LogP contribution in [0.1, 0.15) is 17.5 Å². The van der Waals surface area contributed by atoms with Crippen LogP contribution in [0.25, 0.3) is 0 Å². The highest BCUT2D eigenvalue weighted by molar-refractivity contribution is 7.88. The molecule has 1 aliphatic heterocycles. The molecule has 1 atom stereocenters. The molecule has 18 heavy (non-hydrogen) atoms. The third-order valence-corrected chi connectivity index (χ3v) is 4.73. The molecule has 1 saturated heterocycles. The highest BCUT2D eigenvalue weighted by Gasteiger charge is 2.24. The average Bonchev–Trinajstić information content (AvgIpc) is 2.66. The van der Waals surface area contributed by atoms with Crippen LogP contribution < -0.4 is 4.72 Å². The van der Waals surface area contributed by atoms with E-state index in [2.05, 4.69) is 9.62 Å². The van der Waals surface area contributed by atoms with E-state index in [1.165, 1.54) is 0 Å². The Morgan fingerprint density at radius 2 is 2.11 bits per heavy atom. The summed E-state index contributed by atoms with van der Waals surface area (Å²) >= 11 is 0. The predicted molar refractivity (Wildman–Crippen MR) is 72.8 cm³/mol. The van der Waals surface area contributed by atoms with Crippen LogP contribution in [0, 0.1) is 6.92 Å². The molecule has 0 radical (unpaired) electrons. The maximum absolute atomic E-state index is 12.1. The van der Waals surface area contributed by atoms with Gasteiger partial charge in [0.2, 0.25) is 10.0 Å². The van der Waals surface area contributed by atoms with Gasteiger partial charge in [-0.05, 0) is 38.1 Å². The zero-order valence-corrected chi connectivity index (χ0v) is 11.7. The van der Waals surface area contributed by atoms with Crippen molar-refractivity contribution in [3.63, 3.8) is 0 Å². The third-order valence-electron chi connectivity index (χ3n) is 3.34. The second-order valence-electron chi connectivity index (χ2n) is 5.05. The van der Waals surface area contributed by atoms with E-state index in [9.17, 15) is 8.42 Å². The van der Waals surface area contributed by atoms with Crippen LogP contribution in [0.2, 0.25) is 0 Å². The van der Waals surface area contributed by atoms with Crippen molar-refractivity contribution in [2.24, 2.45) is 0 Å². The molecular formula is C13H20N2O2S. The molecule has 5 heteroatoms. The number of sulfonamides is 1. The Balaban J connectivity index is 2.02. The monoisotopic (exact) mass is 268 g/mol. The second kappa shape index (κ2) is 5.38. The maximum atomic E-state index is 12.1. The SMILES string of the molecule is Cc1ccccc1CS(=O)(=O)NC1CCN(C)C1. The van der Waals surface area contributed by atoms with Gasteiger partial charge in [0.25, 0.3) is 0 Å². The lowest BCUT2D eigenvalue weighted by Crippen LogP contribution is -2.37. The predicted octanol–water partition coefficient (Wildman–Crippen LogP) is 1.12. The number of nitrogens with zero attached hydrogens (tertiary/aromatic N) is 1. The van der Waals surface area contributed by atoms with Crippen molar-refractivity contribution in [3.05, 3.63) is 35.4 Å². The van der Waals surface area contributed by atoms with Gasteiger partial charge in [-0.15, -0.1) is 0 Å². The van der Waals surface area contributed by atoms with Crippen molar-refractivity contribution < 1.29 is 8.42 Å². The first kappa shape index (κ1) is 13.5. The molecule has 1 unspecified atom stereocenters. The fraction of sp³-hybridized carbons (Fsp3) is 0.538. The number of nitrogens with one attached hydrogen (secondary N) is 1. The molecule has 2 rings (SSSR count). The van der Waals surface area contributed by atoms with Crippen molar-refractivity contribution in [2.75, 3.05) is 20.1 Å². The number of benzene rings is 1. The summed E-state index contributed by atoms with van der Waals surface area (Å²) in [6, 6.07) is 7.67. The summed E-state index contributed by atoms with van der Waals surface area (Å²) in [5.41, 5.74) is 1.89. The first-order chi connectivity index (χ1) is 8.46. The van der Waals surface area contributed by atoms with E-state index in [0.717, 1.165) is 30.6 Å². The van der Waals surface area contributed by atoms with E-state index in [1.54, 1.807) is 0 Å². The Hall–Kier alpha value is -0.910. The molecule has 1 N–H and O–H groups in total. The van der Waals surface area contributed by atoms with Gasteiger partial charge in [0, 0.05) is 12.6 Å². The molecule has 1 aromatic carbocycles. The fourth-order valence-corrected chi connectivity index (χ4v) is 3.82. The summed E-state index contributed by atoms with van der Waals surface area (Å²) in [6.45, 7) is 3.69. The van der Waals surface area contributed by atoms with Gasteiger partial charge in [0.1, 0.15) is 0 Å². The van der Waals surface area contributed by atoms with Crippen LogP contribution in [0.5, 0.6) is 0 Å². The Labute approximate surface area is 109 Å². The largest absolute Gasteiger partial charge is 0.305 e. The smallest absolute Gasteiger partial charge is 0.216 e. The molecule has 1 aliphatic rings. The molecule has 0 saturated carbocycles. The van der Waals surface area contributed by atoms with Gasteiger partial charge in [-0.2, -0.15) is 0 Å². The maximum Gasteiger partial charge on any atom is 0.216 e. The van der Waals surface area contributed by atoms with Gasteiger partial charge in [-0.25, -0.2) is 13.1 Å². The minimum atomic E-state index is -3.24. The van der Waals surface area contributed by atoms with Crippen LogP contribution in [-0.2, 0) is 15.8 Å². The summed E-state index contributed by atoms with van der Waals surface area (Å²) in [6.07, 6.45) is 0.892. The first-order valence-corrected chi connectivity index (χ1v) is 7.84. The third kappa shape index (κ3) is 3.54. The van der Waals surface area contributed by atoms with Crippen molar-refractivity contribution in [3.8, 4) is 0 Å². The van der Waals surface area contributed by atoms with Crippen LogP contribution in [-0.4, -0.2) is 39.5 Å². The summed E-state index contributed by atoms with van der Waals surface area (Å²) in [5.74, 6) is 0.0693. The first-order valence-electron chi connectivity index (χ1n) is 6.19. The van der Waals surface area contributed by atoms with Gasteiger partial charge >= 0.3 is 0 Å². The van der Waals surface area contributed by atoms with Crippen molar-refractivity contribution in [2.45, 2.75) is 25.1 Å². The van der Waals surface area contributed by atoms with Gasteiger partial charge in [-0.1, -0.05) is 24.3 Å². The summed E-state index contributed by atoms with van der Waals surface area (Å²) in [4.78, 5) is 2.14. The Kier molecular flexibility index (Phi) is 4.04. The summed E-state index contributed by atoms with van der Waals surface area (Å²) in [5, 5.41) is 0.